The normalized spacial score (nSPS) is 10.3. The summed E-state index contributed by atoms with van der Waals surface area (Å²) in [6.07, 6.45) is 4.29. The average Bonchev–Trinajstić information content (AvgIpc) is 2.35. The Morgan fingerprint density at radius 3 is 2.71 bits per heavy atom. The molecular weight excluding hydrogens is 282 g/mol. The van der Waals surface area contributed by atoms with Gasteiger partial charge in [0.2, 0.25) is 0 Å². The topological polar surface area (TPSA) is 41.5 Å². The quantitative estimate of drug-likeness (QED) is 0.723. The van der Waals surface area contributed by atoms with Crippen LogP contribution in [-0.4, -0.2) is 25.4 Å². The van der Waals surface area contributed by atoms with Crippen molar-refractivity contribution in [2.45, 2.75) is 25.7 Å². The number of nitrogens with one attached hydrogen (secondary N) is 1. The maximum atomic E-state index is 8.65. The third-order valence-corrected chi connectivity index (χ3v) is 3.22. The van der Waals surface area contributed by atoms with Gasteiger partial charge in [0, 0.05) is 24.9 Å². The highest BCUT2D eigenvalue weighted by Gasteiger charge is 2.00. The van der Waals surface area contributed by atoms with E-state index in [1.807, 2.05) is 18.2 Å². The molecule has 3 nitrogen and oxygen atoms in total. The number of aliphatic hydroxyl groups excluding tert-OH is 1. The summed E-state index contributed by atoms with van der Waals surface area (Å²) in [7, 11) is 1.67. The maximum Gasteiger partial charge on any atom is 0.135 e. The first kappa shape index (κ1) is 14.3. The molecule has 2 N–H and O–H groups in total. The number of aliphatic hydroxyl groups is 1. The Morgan fingerprint density at radius 1 is 1.24 bits per heavy atom. The number of benzene rings is 1. The first-order valence-corrected chi connectivity index (χ1v) is 6.75. The molecule has 4 heteroatoms. The lowest BCUT2D eigenvalue weighted by Gasteiger charge is -2.09. The van der Waals surface area contributed by atoms with E-state index in [0.29, 0.717) is 6.61 Å². The number of anilines is 1. The Morgan fingerprint density at radius 2 is 2.00 bits per heavy atom. The number of ether oxygens (including phenoxy) is 1. The van der Waals surface area contributed by atoms with Crippen LogP contribution in [0.25, 0.3) is 0 Å². The van der Waals surface area contributed by atoms with E-state index >= 15 is 0 Å². The number of hydrogen-bond acceptors (Lipinski definition) is 3. The highest BCUT2D eigenvalue weighted by atomic mass is 79.9. The van der Waals surface area contributed by atoms with Crippen molar-refractivity contribution in [3.63, 3.8) is 0 Å². The van der Waals surface area contributed by atoms with Crippen molar-refractivity contribution in [2.24, 2.45) is 0 Å². The van der Waals surface area contributed by atoms with E-state index in [1.165, 1.54) is 0 Å². The minimum Gasteiger partial charge on any atom is -0.495 e. The monoisotopic (exact) mass is 301 g/mol. The molecule has 0 aliphatic heterocycles. The average molecular weight is 302 g/mol. The van der Waals surface area contributed by atoms with E-state index in [0.717, 1.165) is 48.1 Å². The molecular formula is C13H20BrNO2. The zero-order chi connectivity index (χ0) is 12.5. The molecule has 0 aliphatic carbocycles. The van der Waals surface area contributed by atoms with E-state index in [4.69, 9.17) is 9.84 Å². The van der Waals surface area contributed by atoms with Gasteiger partial charge in [-0.1, -0.05) is 12.8 Å². The number of unbranched alkanes of at least 4 members (excludes halogenated alkanes) is 3. The van der Waals surface area contributed by atoms with Crippen LogP contribution in [0.5, 0.6) is 5.75 Å². The van der Waals surface area contributed by atoms with Crippen LogP contribution in [0.1, 0.15) is 25.7 Å². The molecule has 0 atom stereocenters. The Labute approximate surface area is 111 Å². The molecule has 1 aromatic carbocycles. The molecule has 17 heavy (non-hydrogen) atoms. The van der Waals surface area contributed by atoms with Gasteiger partial charge >= 0.3 is 0 Å². The molecule has 1 aromatic rings. The highest BCUT2D eigenvalue weighted by molar-refractivity contribution is 9.10. The zero-order valence-electron chi connectivity index (χ0n) is 10.2. The second kappa shape index (κ2) is 8.37. The fraction of sp³-hybridized carbons (Fsp3) is 0.538. The fourth-order valence-electron chi connectivity index (χ4n) is 1.59. The molecule has 0 radical (unpaired) electrons. The summed E-state index contributed by atoms with van der Waals surface area (Å²) in [5, 5.41) is 12.0. The standard InChI is InChI=1S/C13H20BrNO2/c1-17-13-10-11(6-7-12(13)14)15-8-4-2-3-5-9-16/h6-7,10,15-16H,2-5,8-9H2,1H3. The Hall–Kier alpha value is -0.740. The predicted molar refractivity (Wildman–Crippen MR) is 74.7 cm³/mol. The van der Waals surface area contributed by atoms with E-state index in [1.54, 1.807) is 7.11 Å². The van der Waals surface area contributed by atoms with Crippen molar-refractivity contribution in [2.75, 3.05) is 25.6 Å². The smallest absolute Gasteiger partial charge is 0.135 e. The van der Waals surface area contributed by atoms with Crippen molar-refractivity contribution >= 4 is 21.6 Å². The van der Waals surface area contributed by atoms with Gasteiger partial charge in [-0.15, -0.1) is 0 Å². The minimum absolute atomic E-state index is 0.303. The van der Waals surface area contributed by atoms with E-state index in [-0.39, 0.29) is 0 Å². The van der Waals surface area contributed by atoms with Gasteiger partial charge in [0.05, 0.1) is 11.6 Å². The lowest BCUT2D eigenvalue weighted by Crippen LogP contribution is -2.01. The summed E-state index contributed by atoms with van der Waals surface area (Å²) in [4.78, 5) is 0. The summed E-state index contributed by atoms with van der Waals surface area (Å²) in [6.45, 7) is 1.26. The third kappa shape index (κ3) is 5.41. The first-order valence-electron chi connectivity index (χ1n) is 5.96. The van der Waals surface area contributed by atoms with Crippen molar-refractivity contribution in [3.05, 3.63) is 22.7 Å². The number of rotatable bonds is 8. The summed E-state index contributed by atoms with van der Waals surface area (Å²) in [6, 6.07) is 5.99. The molecule has 0 fully saturated rings. The summed E-state index contributed by atoms with van der Waals surface area (Å²) >= 11 is 3.42. The first-order chi connectivity index (χ1) is 8.27. The molecule has 0 aliphatic rings. The van der Waals surface area contributed by atoms with Crippen molar-refractivity contribution in [1.29, 1.82) is 0 Å². The Balaban J connectivity index is 2.27. The van der Waals surface area contributed by atoms with Gasteiger partial charge in [-0.2, -0.15) is 0 Å². The van der Waals surface area contributed by atoms with Gasteiger partial charge < -0.3 is 15.2 Å². The molecule has 0 unspecified atom stereocenters. The van der Waals surface area contributed by atoms with E-state index < -0.39 is 0 Å². The van der Waals surface area contributed by atoms with Crippen LogP contribution < -0.4 is 10.1 Å². The van der Waals surface area contributed by atoms with E-state index in [9.17, 15) is 0 Å². The van der Waals surface area contributed by atoms with Gasteiger partial charge in [0.25, 0.3) is 0 Å². The van der Waals surface area contributed by atoms with Gasteiger partial charge in [0.15, 0.2) is 0 Å². The summed E-state index contributed by atoms with van der Waals surface area (Å²) < 4.78 is 6.20. The number of halogens is 1. The van der Waals surface area contributed by atoms with Gasteiger partial charge in [-0.3, -0.25) is 0 Å². The van der Waals surface area contributed by atoms with Crippen LogP contribution in [0.2, 0.25) is 0 Å². The van der Waals surface area contributed by atoms with Gasteiger partial charge in [0.1, 0.15) is 5.75 Å². The third-order valence-electron chi connectivity index (χ3n) is 2.57. The summed E-state index contributed by atoms with van der Waals surface area (Å²) in [5.41, 5.74) is 1.08. The number of hydrogen-bond donors (Lipinski definition) is 2. The van der Waals surface area contributed by atoms with Crippen molar-refractivity contribution in [3.8, 4) is 5.75 Å². The van der Waals surface area contributed by atoms with Gasteiger partial charge in [-0.05, 0) is 40.9 Å². The number of methoxy groups -OCH3 is 1. The predicted octanol–water partition coefficient (Wildman–Crippen LogP) is 3.42. The van der Waals surface area contributed by atoms with Gasteiger partial charge in [-0.25, -0.2) is 0 Å². The molecule has 0 amide bonds. The van der Waals surface area contributed by atoms with Crippen LogP contribution >= 0.6 is 15.9 Å². The molecule has 0 spiro atoms. The second-order valence-electron chi connectivity index (χ2n) is 3.91. The fourth-order valence-corrected chi connectivity index (χ4v) is 2.00. The van der Waals surface area contributed by atoms with E-state index in [2.05, 4.69) is 21.2 Å². The maximum absolute atomic E-state index is 8.65. The Bertz CT molecular complexity index is 331. The minimum atomic E-state index is 0.303. The summed E-state index contributed by atoms with van der Waals surface area (Å²) in [5.74, 6) is 0.843. The van der Waals surface area contributed by atoms with Crippen LogP contribution in [-0.2, 0) is 0 Å². The molecule has 0 saturated carbocycles. The molecule has 0 aromatic heterocycles. The van der Waals surface area contributed by atoms with Crippen LogP contribution in [0.4, 0.5) is 5.69 Å². The SMILES string of the molecule is COc1cc(NCCCCCCO)ccc1Br. The van der Waals surface area contributed by atoms with Crippen LogP contribution in [0, 0.1) is 0 Å². The van der Waals surface area contributed by atoms with Crippen molar-refractivity contribution < 1.29 is 9.84 Å². The van der Waals surface area contributed by atoms with Crippen molar-refractivity contribution in [1.82, 2.24) is 0 Å². The lowest BCUT2D eigenvalue weighted by molar-refractivity contribution is 0.283. The highest BCUT2D eigenvalue weighted by Crippen LogP contribution is 2.27. The molecule has 0 heterocycles. The second-order valence-corrected chi connectivity index (χ2v) is 4.77. The molecule has 96 valence electrons. The largest absolute Gasteiger partial charge is 0.495 e. The zero-order valence-corrected chi connectivity index (χ0v) is 11.8. The van der Waals surface area contributed by atoms with Crippen LogP contribution in [0.3, 0.4) is 0 Å². The molecule has 1 rings (SSSR count). The lowest BCUT2D eigenvalue weighted by atomic mass is 10.2. The molecule has 0 bridgehead atoms. The Kier molecular flexibility index (Phi) is 7.05. The van der Waals surface area contributed by atoms with Crippen LogP contribution in [0.15, 0.2) is 22.7 Å². The molecule has 0 saturated heterocycles.